The van der Waals surface area contributed by atoms with Gasteiger partial charge in [0.1, 0.15) is 5.56 Å². The summed E-state index contributed by atoms with van der Waals surface area (Å²) in [5.41, 5.74) is 1.84. The summed E-state index contributed by atoms with van der Waals surface area (Å²) in [5, 5.41) is 7.05. The number of amides is 1. The molecular weight excluding hydrogens is 292 g/mol. The van der Waals surface area contributed by atoms with Gasteiger partial charge in [-0.1, -0.05) is 19.4 Å². The molecule has 0 aliphatic rings. The van der Waals surface area contributed by atoms with E-state index in [9.17, 15) is 9.59 Å². The van der Waals surface area contributed by atoms with Crippen molar-refractivity contribution in [2.45, 2.75) is 39.7 Å². The maximum Gasteiger partial charge on any atom is 0.279 e. The highest BCUT2D eigenvalue weighted by Crippen LogP contribution is 2.17. The largest absolute Gasteiger partial charge is 0.343 e. The lowest BCUT2D eigenvalue weighted by Crippen LogP contribution is -2.37. The van der Waals surface area contributed by atoms with Crippen LogP contribution < -0.4 is 10.9 Å². The van der Waals surface area contributed by atoms with Gasteiger partial charge in [0.2, 0.25) is 0 Å². The molecule has 0 saturated heterocycles. The molecule has 1 amide bonds. The lowest BCUT2D eigenvalue weighted by molar-refractivity contribution is 0.0930. The number of hydrogen-bond donors (Lipinski definition) is 1. The predicted molar refractivity (Wildman–Crippen MR) is 88.3 cm³/mol. The van der Waals surface area contributed by atoms with Gasteiger partial charge in [0.15, 0.2) is 0 Å². The van der Waals surface area contributed by atoms with Crippen LogP contribution in [0.3, 0.4) is 0 Å². The topological polar surface area (TPSA) is 76.9 Å². The van der Waals surface area contributed by atoms with Gasteiger partial charge in [-0.15, -0.1) is 0 Å². The van der Waals surface area contributed by atoms with Crippen LogP contribution in [0.25, 0.3) is 0 Å². The van der Waals surface area contributed by atoms with Crippen LogP contribution in [0.4, 0.5) is 0 Å². The van der Waals surface area contributed by atoms with Crippen molar-refractivity contribution in [3.8, 4) is 0 Å². The third-order valence-corrected chi connectivity index (χ3v) is 3.88. The van der Waals surface area contributed by atoms with E-state index in [0.29, 0.717) is 11.3 Å². The quantitative estimate of drug-likeness (QED) is 0.916. The Morgan fingerprint density at radius 2 is 2.09 bits per heavy atom. The zero-order valence-corrected chi connectivity index (χ0v) is 14.0. The van der Waals surface area contributed by atoms with Gasteiger partial charge in [0.05, 0.1) is 17.4 Å². The molecule has 0 aliphatic carbocycles. The molecule has 122 valence electrons. The number of carbonyl (C=O) groups is 1. The third-order valence-electron chi connectivity index (χ3n) is 3.88. The van der Waals surface area contributed by atoms with Crippen LogP contribution in [-0.4, -0.2) is 20.7 Å². The monoisotopic (exact) mass is 314 g/mol. The van der Waals surface area contributed by atoms with Crippen LogP contribution in [0.1, 0.15) is 53.1 Å². The Morgan fingerprint density at radius 3 is 2.70 bits per heavy atom. The number of hydrogen-bond acceptors (Lipinski definition) is 4. The van der Waals surface area contributed by atoms with E-state index in [-0.39, 0.29) is 23.1 Å². The van der Waals surface area contributed by atoms with E-state index < -0.39 is 0 Å². The number of aromatic nitrogens is 3. The van der Waals surface area contributed by atoms with Crippen LogP contribution >= 0.6 is 0 Å². The predicted octanol–water partition coefficient (Wildman–Crippen LogP) is 2.06. The van der Waals surface area contributed by atoms with Crippen molar-refractivity contribution in [2.75, 3.05) is 0 Å². The molecule has 2 aromatic heterocycles. The number of nitrogens with zero attached hydrogens (tertiary/aromatic N) is 3. The number of aryl methyl sites for hydroxylation is 2. The molecule has 6 nitrogen and oxygen atoms in total. The molecule has 1 atom stereocenters. The molecule has 2 aromatic rings. The van der Waals surface area contributed by atoms with Crippen LogP contribution in [0.5, 0.6) is 0 Å². The molecule has 6 heteroatoms. The van der Waals surface area contributed by atoms with E-state index in [1.54, 1.807) is 27.1 Å². The number of rotatable bonds is 5. The summed E-state index contributed by atoms with van der Waals surface area (Å²) in [6.45, 7) is 5.57. The Morgan fingerprint density at radius 1 is 1.35 bits per heavy atom. The van der Waals surface area contributed by atoms with E-state index in [4.69, 9.17) is 0 Å². The van der Waals surface area contributed by atoms with Gasteiger partial charge in [-0.25, -0.2) is 4.68 Å². The lowest BCUT2D eigenvalue weighted by Gasteiger charge is -2.18. The smallest absolute Gasteiger partial charge is 0.279 e. The van der Waals surface area contributed by atoms with E-state index >= 15 is 0 Å². The average Bonchev–Trinajstić information content (AvgIpc) is 2.54. The first-order valence-electron chi connectivity index (χ1n) is 7.72. The second-order valence-corrected chi connectivity index (χ2v) is 5.58. The third kappa shape index (κ3) is 3.64. The van der Waals surface area contributed by atoms with E-state index in [0.717, 1.165) is 18.5 Å². The van der Waals surface area contributed by atoms with Crippen LogP contribution in [0.2, 0.25) is 0 Å². The van der Waals surface area contributed by atoms with Crippen LogP contribution in [-0.2, 0) is 7.05 Å². The fraction of sp³-hybridized carbons (Fsp3) is 0.412. The standard InChI is InChI=1S/C17H22N4O2/c1-5-8-14(13-9-6-7-10-18-13)19-16(22)15-11(2)12(3)20-21(4)17(15)23/h6-7,9-10,14H,5,8H2,1-4H3,(H,19,22). The maximum absolute atomic E-state index is 12.7. The second kappa shape index (κ2) is 7.17. The van der Waals surface area contributed by atoms with E-state index in [1.165, 1.54) is 4.68 Å². The van der Waals surface area contributed by atoms with Crippen molar-refractivity contribution in [1.82, 2.24) is 20.1 Å². The van der Waals surface area contributed by atoms with Gasteiger partial charge in [-0.2, -0.15) is 5.10 Å². The van der Waals surface area contributed by atoms with Gasteiger partial charge in [-0.3, -0.25) is 14.6 Å². The fourth-order valence-corrected chi connectivity index (χ4v) is 2.51. The van der Waals surface area contributed by atoms with E-state index in [1.807, 2.05) is 25.1 Å². The highest BCUT2D eigenvalue weighted by Gasteiger charge is 2.21. The lowest BCUT2D eigenvalue weighted by atomic mass is 10.1. The Bertz CT molecular complexity index is 753. The number of nitrogens with one attached hydrogen (secondary N) is 1. The first-order chi connectivity index (χ1) is 11.0. The van der Waals surface area contributed by atoms with Crippen LogP contribution in [0, 0.1) is 13.8 Å². The van der Waals surface area contributed by atoms with Gasteiger partial charge in [0, 0.05) is 13.2 Å². The fourth-order valence-electron chi connectivity index (χ4n) is 2.51. The molecular formula is C17H22N4O2. The van der Waals surface area contributed by atoms with Gasteiger partial charge < -0.3 is 5.32 Å². The molecule has 0 saturated carbocycles. The summed E-state index contributed by atoms with van der Waals surface area (Å²) in [6, 6.07) is 5.38. The van der Waals surface area contributed by atoms with Crippen molar-refractivity contribution in [2.24, 2.45) is 7.05 Å². The molecule has 0 bridgehead atoms. The molecule has 1 N–H and O–H groups in total. The summed E-state index contributed by atoms with van der Waals surface area (Å²) >= 11 is 0. The Kier molecular flexibility index (Phi) is 5.26. The Labute approximate surface area is 135 Å². The highest BCUT2D eigenvalue weighted by atomic mass is 16.2. The molecule has 0 fully saturated rings. The summed E-state index contributed by atoms with van der Waals surface area (Å²) < 4.78 is 1.20. The molecule has 2 rings (SSSR count). The molecule has 0 spiro atoms. The zero-order valence-electron chi connectivity index (χ0n) is 14.0. The first kappa shape index (κ1) is 16.9. The minimum Gasteiger partial charge on any atom is -0.343 e. The minimum atomic E-state index is -0.387. The molecule has 1 unspecified atom stereocenters. The van der Waals surface area contributed by atoms with Gasteiger partial charge in [-0.05, 0) is 38.0 Å². The van der Waals surface area contributed by atoms with Crippen molar-refractivity contribution < 1.29 is 4.79 Å². The van der Waals surface area contributed by atoms with Crippen molar-refractivity contribution in [3.05, 3.63) is 57.3 Å². The maximum atomic E-state index is 12.7. The summed E-state index contributed by atoms with van der Waals surface area (Å²) in [4.78, 5) is 29.3. The van der Waals surface area contributed by atoms with E-state index in [2.05, 4.69) is 15.4 Å². The zero-order chi connectivity index (χ0) is 17.0. The second-order valence-electron chi connectivity index (χ2n) is 5.58. The van der Waals surface area contributed by atoms with Crippen molar-refractivity contribution in [1.29, 1.82) is 0 Å². The molecule has 2 heterocycles. The first-order valence-corrected chi connectivity index (χ1v) is 7.72. The number of carbonyl (C=O) groups excluding carboxylic acids is 1. The SMILES string of the molecule is CCCC(NC(=O)c1c(C)c(C)nn(C)c1=O)c1ccccn1. The highest BCUT2D eigenvalue weighted by molar-refractivity contribution is 5.95. The van der Waals surface area contributed by atoms with Crippen molar-refractivity contribution in [3.63, 3.8) is 0 Å². The molecule has 0 aromatic carbocycles. The van der Waals surface area contributed by atoms with Crippen molar-refractivity contribution >= 4 is 5.91 Å². The summed E-state index contributed by atoms with van der Waals surface area (Å²) in [6.07, 6.45) is 3.35. The average molecular weight is 314 g/mol. The van der Waals surface area contributed by atoms with Crippen LogP contribution in [0.15, 0.2) is 29.2 Å². The Hall–Kier alpha value is -2.50. The minimum absolute atomic E-state index is 0.150. The Balaban J connectivity index is 2.36. The normalized spacial score (nSPS) is 12.0. The summed E-state index contributed by atoms with van der Waals surface area (Å²) in [7, 11) is 1.55. The number of pyridine rings is 1. The summed E-state index contributed by atoms with van der Waals surface area (Å²) in [5.74, 6) is -0.377. The van der Waals surface area contributed by atoms with Gasteiger partial charge in [0.25, 0.3) is 11.5 Å². The molecule has 0 radical (unpaired) electrons. The molecule has 23 heavy (non-hydrogen) atoms. The van der Waals surface area contributed by atoms with Gasteiger partial charge >= 0.3 is 0 Å². The molecule has 0 aliphatic heterocycles.